The van der Waals surface area contributed by atoms with Gasteiger partial charge in [0.15, 0.2) is 0 Å². The third-order valence-electron chi connectivity index (χ3n) is 3.72. The normalized spacial score (nSPS) is 14.6. The van der Waals surface area contributed by atoms with Crippen molar-refractivity contribution >= 4 is 0 Å². The molecule has 1 N–H and O–H groups in total. The van der Waals surface area contributed by atoms with E-state index in [4.69, 9.17) is 9.47 Å². The SMILES string of the molecule is COc1ccc(C)cc1C(O)c1cccc2c1OCC2. The summed E-state index contributed by atoms with van der Waals surface area (Å²) in [6.45, 7) is 2.69. The minimum Gasteiger partial charge on any atom is -0.496 e. The summed E-state index contributed by atoms with van der Waals surface area (Å²) in [7, 11) is 1.62. The molecule has 0 spiro atoms. The minimum absolute atomic E-state index is 0.685. The molecule has 1 unspecified atom stereocenters. The summed E-state index contributed by atoms with van der Waals surface area (Å²) in [5.74, 6) is 1.52. The highest BCUT2D eigenvalue weighted by molar-refractivity contribution is 5.50. The monoisotopic (exact) mass is 270 g/mol. The van der Waals surface area contributed by atoms with E-state index in [1.807, 2.05) is 43.3 Å². The summed E-state index contributed by atoms with van der Waals surface area (Å²) in [5.41, 5.74) is 3.84. The Labute approximate surface area is 118 Å². The number of aliphatic hydroxyl groups is 1. The third-order valence-corrected chi connectivity index (χ3v) is 3.72. The van der Waals surface area contributed by atoms with Crippen LogP contribution in [0.1, 0.15) is 28.4 Å². The summed E-state index contributed by atoms with van der Waals surface area (Å²) in [6.07, 6.45) is 0.166. The number of benzene rings is 2. The van der Waals surface area contributed by atoms with Gasteiger partial charge in [-0.15, -0.1) is 0 Å². The van der Waals surface area contributed by atoms with E-state index in [1.54, 1.807) is 7.11 Å². The maximum atomic E-state index is 10.7. The van der Waals surface area contributed by atoms with Gasteiger partial charge in [0.2, 0.25) is 0 Å². The molecule has 104 valence electrons. The van der Waals surface area contributed by atoms with Crippen LogP contribution in [0.5, 0.6) is 11.5 Å². The van der Waals surface area contributed by atoms with Crippen molar-refractivity contribution in [1.82, 2.24) is 0 Å². The maximum absolute atomic E-state index is 10.7. The van der Waals surface area contributed by atoms with Gasteiger partial charge in [-0.2, -0.15) is 0 Å². The van der Waals surface area contributed by atoms with E-state index in [9.17, 15) is 5.11 Å². The zero-order valence-corrected chi connectivity index (χ0v) is 11.7. The second kappa shape index (κ2) is 5.17. The van der Waals surface area contributed by atoms with Crippen molar-refractivity contribution in [1.29, 1.82) is 0 Å². The molecule has 3 rings (SSSR count). The van der Waals surface area contributed by atoms with E-state index in [2.05, 4.69) is 0 Å². The smallest absolute Gasteiger partial charge is 0.128 e. The zero-order valence-electron chi connectivity index (χ0n) is 11.7. The van der Waals surface area contributed by atoms with Crippen LogP contribution in [0.4, 0.5) is 0 Å². The van der Waals surface area contributed by atoms with Gasteiger partial charge in [-0.3, -0.25) is 0 Å². The first-order chi connectivity index (χ1) is 9.70. The van der Waals surface area contributed by atoms with Crippen LogP contribution < -0.4 is 9.47 Å². The van der Waals surface area contributed by atoms with Gasteiger partial charge < -0.3 is 14.6 Å². The number of fused-ring (bicyclic) bond motifs is 1. The van der Waals surface area contributed by atoms with Crippen LogP contribution >= 0.6 is 0 Å². The first-order valence-corrected chi connectivity index (χ1v) is 6.78. The first-order valence-electron chi connectivity index (χ1n) is 6.78. The summed E-state index contributed by atoms with van der Waals surface area (Å²) in [5, 5.41) is 10.7. The Morgan fingerprint density at radius 2 is 2.05 bits per heavy atom. The fourth-order valence-corrected chi connectivity index (χ4v) is 2.69. The van der Waals surface area contributed by atoms with Crippen LogP contribution in [0, 0.1) is 6.92 Å². The molecular formula is C17H18O3. The van der Waals surface area contributed by atoms with Gasteiger partial charge in [-0.1, -0.05) is 29.8 Å². The molecule has 0 bridgehead atoms. The van der Waals surface area contributed by atoms with E-state index in [0.29, 0.717) is 12.4 Å². The second-order valence-electron chi connectivity index (χ2n) is 5.08. The quantitative estimate of drug-likeness (QED) is 0.931. The van der Waals surface area contributed by atoms with E-state index in [1.165, 1.54) is 0 Å². The molecule has 1 aliphatic rings. The highest BCUT2D eigenvalue weighted by atomic mass is 16.5. The Kier molecular flexibility index (Phi) is 3.36. The van der Waals surface area contributed by atoms with Gasteiger partial charge in [0, 0.05) is 17.5 Å². The van der Waals surface area contributed by atoms with Crippen molar-refractivity contribution in [3.8, 4) is 11.5 Å². The number of hydrogen-bond donors (Lipinski definition) is 1. The summed E-state index contributed by atoms with van der Waals surface area (Å²) >= 11 is 0. The lowest BCUT2D eigenvalue weighted by Crippen LogP contribution is -2.04. The summed E-state index contributed by atoms with van der Waals surface area (Å²) in [4.78, 5) is 0. The number of ether oxygens (including phenoxy) is 2. The Morgan fingerprint density at radius 1 is 1.20 bits per heavy atom. The van der Waals surface area contributed by atoms with Crippen molar-refractivity contribution in [2.45, 2.75) is 19.4 Å². The van der Waals surface area contributed by atoms with Gasteiger partial charge in [0.25, 0.3) is 0 Å². The lowest BCUT2D eigenvalue weighted by molar-refractivity contribution is 0.208. The van der Waals surface area contributed by atoms with Crippen LogP contribution in [0.2, 0.25) is 0 Å². The summed E-state index contributed by atoms with van der Waals surface area (Å²) in [6, 6.07) is 11.7. The standard InChI is InChI=1S/C17H18O3/c1-11-6-7-15(19-2)14(10-11)16(18)13-5-3-4-12-8-9-20-17(12)13/h3-7,10,16,18H,8-9H2,1-2H3. The van der Waals surface area contributed by atoms with E-state index in [-0.39, 0.29) is 0 Å². The molecule has 1 atom stereocenters. The van der Waals surface area contributed by atoms with Gasteiger partial charge in [-0.05, 0) is 24.6 Å². The predicted molar refractivity (Wildman–Crippen MR) is 77.4 cm³/mol. The average Bonchev–Trinajstić information content (AvgIpc) is 2.94. The Hall–Kier alpha value is -2.00. The van der Waals surface area contributed by atoms with Crippen molar-refractivity contribution in [2.24, 2.45) is 0 Å². The predicted octanol–water partition coefficient (Wildman–Crippen LogP) is 3.02. The second-order valence-corrected chi connectivity index (χ2v) is 5.08. The van der Waals surface area contributed by atoms with Crippen molar-refractivity contribution < 1.29 is 14.6 Å². The maximum Gasteiger partial charge on any atom is 0.128 e. The van der Waals surface area contributed by atoms with Crippen LogP contribution in [0.3, 0.4) is 0 Å². The largest absolute Gasteiger partial charge is 0.496 e. The molecule has 0 saturated heterocycles. The van der Waals surface area contributed by atoms with E-state index in [0.717, 1.165) is 34.4 Å². The molecule has 1 heterocycles. The molecule has 0 radical (unpaired) electrons. The van der Waals surface area contributed by atoms with Crippen molar-refractivity contribution in [3.05, 3.63) is 58.7 Å². The molecule has 2 aromatic rings. The fourth-order valence-electron chi connectivity index (χ4n) is 2.69. The number of rotatable bonds is 3. The van der Waals surface area contributed by atoms with Crippen LogP contribution in [0.15, 0.2) is 36.4 Å². The highest BCUT2D eigenvalue weighted by Gasteiger charge is 2.23. The highest BCUT2D eigenvalue weighted by Crippen LogP contribution is 2.38. The van der Waals surface area contributed by atoms with Crippen molar-refractivity contribution in [2.75, 3.05) is 13.7 Å². The first kappa shape index (κ1) is 13.0. The number of para-hydroxylation sites is 1. The van der Waals surface area contributed by atoms with Crippen molar-refractivity contribution in [3.63, 3.8) is 0 Å². The van der Waals surface area contributed by atoms with E-state index < -0.39 is 6.10 Å². The molecule has 0 fully saturated rings. The molecule has 1 aliphatic heterocycles. The Morgan fingerprint density at radius 3 is 2.85 bits per heavy atom. The number of aryl methyl sites for hydroxylation is 1. The van der Waals surface area contributed by atoms with E-state index >= 15 is 0 Å². The molecule has 20 heavy (non-hydrogen) atoms. The molecule has 0 aliphatic carbocycles. The summed E-state index contributed by atoms with van der Waals surface area (Å²) < 4.78 is 11.0. The molecular weight excluding hydrogens is 252 g/mol. The number of hydrogen-bond acceptors (Lipinski definition) is 3. The number of aliphatic hydroxyl groups excluding tert-OH is 1. The van der Waals surface area contributed by atoms with Crippen LogP contribution in [0.25, 0.3) is 0 Å². The molecule has 0 aromatic heterocycles. The molecule has 3 heteroatoms. The molecule has 0 saturated carbocycles. The third kappa shape index (κ3) is 2.14. The average molecular weight is 270 g/mol. The Balaban J connectivity index is 2.07. The Bertz CT molecular complexity index is 632. The molecule has 0 amide bonds. The topological polar surface area (TPSA) is 38.7 Å². The lowest BCUT2D eigenvalue weighted by atomic mass is 9.96. The molecule has 2 aromatic carbocycles. The van der Waals surface area contributed by atoms with Gasteiger partial charge in [0.05, 0.1) is 13.7 Å². The fraction of sp³-hybridized carbons (Fsp3) is 0.294. The van der Waals surface area contributed by atoms with Crippen LogP contribution in [-0.2, 0) is 6.42 Å². The minimum atomic E-state index is -0.738. The van der Waals surface area contributed by atoms with Gasteiger partial charge in [0.1, 0.15) is 17.6 Å². The number of methoxy groups -OCH3 is 1. The van der Waals surface area contributed by atoms with Gasteiger partial charge >= 0.3 is 0 Å². The van der Waals surface area contributed by atoms with Gasteiger partial charge in [-0.25, -0.2) is 0 Å². The zero-order chi connectivity index (χ0) is 14.1. The molecule has 3 nitrogen and oxygen atoms in total. The lowest BCUT2D eigenvalue weighted by Gasteiger charge is -2.18. The van der Waals surface area contributed by atoms with Crippen LogP contribution in [-0.4, -0.2) is 18.8 Å².